The molecule has 2 aliphatic heterocycles. The molecule has 0 aliphatic carbocycles. The average molecular weight is 965 g/mol. The summed E-state index contributed by atoms with van der Waals surface area (Å²) >= 11 is 0. The second-order valence-electron chi connectivity index (χ2n) is 17.0. The molecule has 2 fully saturated rings. The second-order valence-corrected chi connectivity index (χ2v) is 17.0. The molecule has 13 nitrogen and oxygen atoms in total. The lowest BCUT2D eigenvalue weighted by Crippen LogP contribution is -2.66. The van der Waals surface area contributed by atoms with Crippen LogP contribution in [0.5, 0.6) is 0 Å². The average Bonchev–Trinajstić information content (AvgIpc) is 3.42. The summed E-state index contributed by atoms with van der Waals surface area (Å²) in [4.78, 5) is 27.8. The Labute approximate surface area is 415 Å². The fourth-order valence-electron chi connectivity index (χ4n) is 8.45. The summed E-state index contributed by atoms with van der Waals surface area (Å²) in [6.45, 7) is 4.40. The molecule has 10 atom stereocenters. The molecule has 0 spiro atoms. The van der Waals surface area contributed by atoms with Crippen molar-refractivity contribution in [3.05, 3.63) is 228 Å². The fraction of sp³-hybridized carbons (Fsp3) is 0.310. The third kappa shape index (κ3) is 14.4. The fourth-order valence-corrected chi connectivity index (χ4v) is 8.45. The SMILES string of the molecule is C=CCO[C@H]1[C@H](OC)O[C@H](COC(=O)c2ccccc2)[C@H](O[C@H]2O[C@H](COCc3ccccc3)[C@H](OCc3ccccc3)[C@H](OCc3ccccc3)[C@H]2OCc2ccccc2)[C@@H]1OC(=O)c1ccccc1. The molecule has 2 saturated heterocycles. The predicted molar refractivity (Wildman–Crippen MR) is 263 cm³/mol. The highest BCUT2D eigenvalue weighted by molar-refractivity contribution is 5.90. The molecule has 0 N–H and O–H groups in total. The lowest BCUT2D eigenvalue weighted by atomic mass is 9.95. The van der Waals surface area contributed by atoms with E-state index in [1.165, 1.54) is 7.11 Å². The van der Waals surface area contributed by atoms with E-state index in [4.69, 9.17) is 52.1 Å². The minimum absolute atomic E-state index is 0.0348. The molecule has 2 heterocycles. The number of esters is 2. The summed E-state index contributed by atoms with van der Waals surface area (Å²) in [5, 5.41) is 0. The molecule has 0 amide bonds. The van der Waals surface area contributed by atoms with Gasteiger partial charge in [0.2, 0.25) is 0 Å². The summed E-state index contributed by atoms with van der Waals surface area (Å²) in [5.41, 5.74) is 4.30. The van der Waals surface area contributed by atoms with Crippen LogP contribution in [0, 0.1) is 0 Å². The Morgan fingerprint density at radius 2 is 0.887 bits per heavy atom. The number of methoxy groups -OCH3 is 1. The van der Waals surface area contributed by atoms with Crippen molar-refractivity contribution in [1.82, 2.24) is 0 Å². The third-order valence-electron chi connectivity index (χ3n) is 12.0. The van der Waals surface area contributed by atoms with Gasteiger partial charge >= 0.3 is 11.9 Å². The Hall–Kier alpha value is -6.36. The largest absolute Gasteiger partial charge is 0.459 e. The van der Waals surface area contributed by atoms with E-state index in [-0.39, 0.29) is 51.8 Å². The zero-order valence-electron chi connectivity index (χ0n) is 39.6. The summed E-state index contributed by atoms with van der Waals surface area (Å²) in [6, 6.07) is 56.3. The molecule has 2 aliphatic rings. The molecule has 370 valence electrons. The lowest BCUT2D eigenvalue weighted by molar-refractivity contribution is -0.370. The van der Waals surface area contributed by atoms with Crippen LogP contribution in [0.4, 0.5) is 0 Å². The number of ether oxygens (including phenoxy) is 11. The minimum atomic E-state index is -1.29. The Kier molecular flexibility index (Phi) is 19.2. The molecule has 6 aromatic rings. The van der Waals surface area contributed by atoms with Crippen LogP contribution in [0.3, 0.4) is 0 Å². The Morgan fingerprint density at radius 3 is 1.39 bits per heavy atom. The van der Waals surface area contributed by atoms with Gasteiger partial charge in [-0.05, 0) is 46.5 Å². The first-order valence-corrected chi connectivity index (χ1v) is 23.8. The van der Waals surface area contributed by atoms with Gasteiger partial charge in [-0.1, -0.05) is 164 Å². The zero-order valence-corrected chi connectivity index (χ0v) is 39.6. The van der Waals surface area contributed by atoms with Crippen molar-refractivity contribution in [2.45, 2.75) is 87.8 Å². The molecule has 13 heteroatoms. The number of carbonyl (C=O) groups excluding carboxylic acids is 2. The molecule has 0 aromatic heterocycles. The van der Waals surface area contributed by atoms with Gasteiger partial charge < -0.3 is 52.1 Å². The van der Waals surface area contributed by atoms with Crippen LogP contribution in [0.15, 0.2) is 195 Å². The standard InChI is InChI=1S/C58H60O13/c1-3-34-63-54-52(70-56(60)46-32-20-9-21-33-46)50(48(68-57(54)61-2)40-67-55(59)45-30-18-8-19-31-45)71-58-53(66-38-44-28-16-7-17-29-44)51(65-37-43-26-14-6-15-27-43)49(64-36-42-24-12-5-13-25-42)47(69-58)39-62-35-41-22-10-4-11-23-41/h3-33,47-54,57-58H,1,34-40H2,2H3/t47-,48-,49+,50+,51+,52+,53-,54-,57-,58-/m1/s1. The van der Waals surface area contributed by atoms with Gasteiger partial charge in [-0.25, -0.2) is 9.59 Å². The van der Waals surface area contributed by atoms with Crippen molar-refractivity contribution in [2.24, 2.45) is 0 Å². The summed E-state index contributed by atoms with van der Waals surface area (Å²) < 4.78 is 72.8. The topological polar surface area (TPSA) is 136 Å². The molecule has 8 rings (SSSR count). The molecule has 0 bridgehead atoms. The van der Waals surface area contributed by atoms with Crippen LogP contribution >= 0.6 is 0 Å². The van der Waals surface area contributed by atoms with Gasteiger partial charge in [0.25, 0.3) is 0 Å². The van der Waals surface area contributed by atoms with Crippen LogP contribution < -0.4 is 0 Å². The molecule has 71 heavy (non-hydrogen) atoms. The van der Waals surface area contributed by atoms with Crippen LogP contribution in [0.2, 0.25) is 0 Å². The van der Waals surface area contributed by atoms with E-state index in [2.05, 4.69) is 6.58 Å². The number of benzene rings is 6. The molecule has 0 saturated carbocycles. The smallest absolute Gasteiger partial charge is 0.338 e. The maximum atomic E-state index is 14.2. The van der Waals surface area contributed by atoms with Crippen molar-refractivity contribution in [1.29, 1.82) is 0 Å². The van der Waals surface area contributed by atoms with E-state index in [1.54, 1.807) is 66.7 Å². The first-order valence-electron chi connectivity index (χ1n) is 23.8. The van der Waals surface area contributed by atoms with Gasteiger partial charge in [0.05, 0.1) is 50.8 Å². The van der Waals surface area contributed by atoms with Gasteiger partial charge in [-0.15, -0.1) is 6.58 Å². The summed E-state index contributed by atoms with van der Waals surface area (Å²) in [7, 11) is 1.45. The van der Waals surface area contributed by atoms with Gasteiger partial charge in [0, 0.05) is 7.11 Å². The molecule has 6 aromatic carbocycles. The van der Waals surface area contributed by atoms with Crippen molar-refractivity contribution in [3.63, 3.8) is 0 Å². The minimum Gasteiger partial charge on any atom is -0.459 e. The first-order chi connectivity index (χ1) is 35.0. The quantitative estimate of drug-likeness (QED) is 0.0422. The monoisotopic (exact) mass is 964 g/mol. The first kappa shape index (κ1) is 51.0. The number of rotatable bonds is 24. The molecular weight excluding hydrogens is 905 g/mol. The predicted octanol–water partition coefficient (Wildman–Crippen LogP) is 9.09. The Balaban J connectivity index is 1.21. The van der Waals surface area contributed by atoms with Crippen LogP contribution in [0.25, 0.3) is 0 Å². The summed E-state index contributed by atoms with van der Waals surface area (Å²) in [6.07, 6.45) is -9.08. The normalized spacial score (nSPS) is 24.1. The van der Waals surface area contributed by atoms with Gasteiger partial charge in [-0.2, -0.15) is 0 Å². The summed E-state index contributed by atoms with van der Waals surface area (Å²) in [5.74, 6) is -1.27. The van der Waals surface area contributed by atoms with Gasteiger partial charge in [0.15, 0.2) is 18.7 Å². The second kappa shape index (κ2) is 26.7. The highest BCUT2D eigenvalue weighted by Gasteiger charge is 2.55. The highest BCUT2D eigenvalue weighted by atomic mass is 16.8. The van der Waals surface area contributed by atoms with E-state index in [0.29, 0.717) is 5.56 Å². The van der Waals surface area contributed by atoms with Crippen molar-refractivity contribution >= 4 is 11.9 Å². The van der Waals surface area contributed by atoms with E-state index in [9.17, 15) is 9.59 Å². The zero-order chi connectivity index (χ0) is 49.0. The maximum absolute atomic E-state index is 14.2. The Bertz CT molecular complexity index is 2480. The third-order valence-corrected chi connectivity index (χ3v) is 12.0. The molecule has 0 radical (unpaired) electrons. The van der Waals surface area contributed by atoms with Crippen molar-refractivity contribution in [2.75, 3.05) is 26.9 Å². The van der Waals surface area contributed by atoms with Crippen LogP contribution in [-0.2, 0) is 78.5 Å². The van der Waals surface area contributed by atoms with Crippen molar-refractivity contribution in [3.8, 4) is 0 Å². The number of hydrogen-bond donors (Lipinski definition) is 0. The van der Waals surface area contributed by atoms with Crippen LogP contribution in [-0.4, -0.2) is 100 Å². The number of hydrogen-bond acceptors (Lipinski definition) is 13. The van der Waals surface area contributed by atoms with Gasteiger partial charge in [0.1, 0.15) is 49.3 Å². The van der Waals surface area contributed by atoms with E-state index < -0.39 is 73.4 Å². The van der Waals surface area contributed by atoms with E-state index >= 15 is 0 Å². The van der Waals surface area contributed by atoms with E-state index in [1.807, 2.05) is 121 Å². The highest BCUT2D eigenvalue weighted by Crippen LogP contribution is 2.37. The number of carbonyl (C=O) groups is 2. The van der Waals surface area contributed by atoms with Gasteiger partial charge in [-0.3, -0.25) is 0 Å². The molecule has 0 unspecified atom stereocenters. The molecular formula is C58H60O13. The Morgan fingerprint density at radius 1 is 0.465 bits per heavy atom. The maximum Gasteiger partial charge on any atom is 0.338 e. The van der Waals surface area contributed by atoms with Crippen molar-refractivity contribution < 1.29 is 61.7 Å². The van der Waals surface area contributed by atoms with E-state index in [0.717, 1.165) is 22.3 Å². The van der Waals surface area contributed by atoms with Crippen LogP contribution in [0.1, 0.15) is 43.0 Å². The lowest BCUT2D eigenvalue weighted by Gasteiger charge is -2.49.